The molecule has 1 aliphatic rings. The number of piperidine rings is 1. The first-order valence-corrected chi connectivity index (χ1v) is 4.59. The molecule has 0 saturated carbocycles. The van der Waals surface area contributed by atoms with Crippen LogP contribution in [-0.4, -0.2) is 35.1 Å². The van der Waals surface area contributed by atoms with Crippen molar-refractivity contribution in [1.82, 2.24) is 4.90 Å². The number of nitriles is 1. The Morgan fingerprint density at radius 1 is 1.46 bits per heavy atom. The fourth-order valence-corrected chi connectivity index (χ4v) is 1.69. The molecule has 13 heavy (non-hydrogen) atoms. The minimum absolute atomic E-state index is 0.0926. The first kappa shape index (κ1) is 10.0. The molecule has 4 nitrogen and oxygen atoms in total. The van der Waals surface area contributed by atoms with Gasteiger partial charge in [0.1, 0.15) is 6.04 Å². The van der Waals surface area contributed by atoms with Crippen LogP contribution in [0.25, 0.3) is 0 Å². The van der Waals surface area contributed by atoms with E-state index in [2.05, 4.69) is 0 Å². The summed E-state index contributed by atoms with van der Waals surface area (Å²) in [5.41, 5.74) is 0. The van der Waals surface area contributed by atoms with Gasteiger partial charge in [0.05, 0.1) is 12.5 Å². The second-order valence-electron chi connectivity index (χ2n) is 3.31. The van der Waals surface area contributed by atoms with E-state index in [4.69, 9.17) is 10.4 Å². The van der Waals surface area contributed by atoms with E-state index >= 15 is 0 Å². The number of hydrogen-bond donors (Lipinski definition) is 1. The number of rotatable bonds is 3. The summed E-state index contributed by atoms with van der Waals surface area (Å²) >= 11 is 0. The Kier molecular flexibility index (Phi) is 3.71. The number of nitrogens with zero attached hydrogens (tertiary/aromatic N) is 2. The maximum Gasteiger partial charge on any atom is 0.321 e. The molecule has 4 heteroatoms. The quantitative estimate of drug-likeness (QED) is 0.702. The molecule has 1 N–H and O–H groups in total. The van der Waals surface area contributed by atoms with Crippen molar-refractivity contribution in [2.75, 3.05) is 13.1 Å². The molecule has 1 heterocycles. The van der Waals surface area contributed by atoms with Gasteiger partial charge in [0.2, 0.25) is 0 Å². The summed E-state index contributed by atoms with van der Waals surface area (Å²) in [6.45, 7) is 1.64. The summed E-state index contributed by atoms with van der Waals surface area (Å²) in [4.78, 5) is 12.7. The van der Waals surface area contributed by atoms with Gasteiger partial charge >= 0.3 is 5.97 Å². The van der Waals surface area contributed by atoms with Crippen LogP contribution in [0.1, 0.15) is 25.7 Å². The lowest BCUT2D eigenvalue weighted by Crippen LogP contribution is -2.43. The number of carboxylic acids is 1. The average Bonchev–Trinajstić information content (AvgIpc) is 2.15. The maximum atomic E-state index is 10.8. The number of aliphatic carboxylic acids is 1. The van der Waals surface area contributed by atoms with Crippen LogP contribution in [0.15, 0.2) is 0 Å². The minimum Gasteiger partial charge on any atom is -0.480 e. The highest BCUT2D eigenvalue weighted by Crippen LogP contribution is 2.14. The van der Waals surface area contributed by atoms with Crippen molar-refractivity contribution < 1.29 is 9.90 Å². The average molecular weight is 182 g/mol. The van der Waals surface area contributed by atoms with E-state index in [0.717, 1.165) is 25.9 Å². The Bertz CT molecular complexity index is 216. The highest BCUT2D eigenvalue weighted by molar-refractivity contribution is 5.73. The number of carbonyl (C=O) groups is 1. The Hall–Kier alpha value is -1.08. The zero-order chi connectivity index (χ0) is 9.68. The van der Waals surface area contributed by atoms with Crippen LogP contribution in [0.4, 0.5) is 0 Å². The van der Waals surface area contributed by atoms with Crippen molar-refractivity contribution >= 4 is 5.97 Å². The zero-order valence-corrected chi connectivity index (χ0v) is 7.57. The Balaban J connectivity index is 2.52. The van der Waals surface area contributed by atoms with E-state index in [1.807, 2.05) is 11.0 Å². The van der Waals surface area contributed by atoms with Crippen molar-refractivity contribution in [2.24, 2.45) is 0 Å². The number of carboxylic acid groups (broad SMARTS) is 1. The molecule has 0 spiro atoms. The van der Waals surface area contributed by atoms with Gasteiger partial charge in [0.25, 0.3) is 0 Å². The third-order valence-corrected chi connectivity index (χ3v) is 2.40. The van der Waals surface area contributed by atoms with Crippen LogP contribution < -0.4 is 0 Å². The van der Waals surface area contributed by atoms with E-state index in [1.54, 1.807) is 0 Å². The predicted octanol–water partition coefficient (Wildman–Crippen LogP) is 0.839. The summed E-state index contributed by atoms with van der Waals surface area (Å²) in [7, 11) is 0. The standard InChI is InChI=1S/C9H14N2O2/c10-5-4-8(9(12)13)11-6-2-1-3-7-11/h8H,1-4,6-7H2,(H,12,13). The van der Waals surface area contributed by atoms with Gasteiger partial charge in [-0.05, 0) is 25.9 Å². The first-order valence-electron chi connectivity index (χ1n) is 4.59. The van der Waals surface area contributed by atoms with Gasteiger partial charge in [-0.25, -0.2) is 0 Å². The summed E-state index contributed by atoms with van der Waals surface area (Å²) in [6, 6.07) is 1.33. The van der Waals surface area contributed by atoms with Gasteiger partial charge in [-0.15, -0.1) is 0 Å². The molecule has 0 amide bonds. The summed E-state index contributed by atoms with van der Waals surface area (Å²) in [5, 5.41) is 17.3. The Morgan fingerprint density at radius 3 is 2.54 bits per heavy atom. The summed E-state index contributed by atoms with van der Waals surface area (Å²) in [5.74, 6) is -0.872. The van der Waals surface area contributed by atoms with Crippen molar-refractivity contribution in [3.8, 4) is 6.07 Å². The molecule has 1 fully saturated rings. The SMILES string of the molecule is N#CCC(C(=O)O)N1CCCCC1. The van der Waals surface area contributed by atoms with Crippen molar-refractivity contribution in [3.05, 3.63) is 0 Å². The van der Waals surface area contributed by atoms with E-state index in [1.165, 1.54) is 6.42 Å². The molecule has 0 aliphatic carbocycles. The normalized spacial score (nSPS) is 20.5. The summed E-state index contributed by atoms with van der Waals surface area (Å²) in [6.07, 6.45) is 3.37. The molecule has 0 radical (unpaired) electrons. The van der Waals surface area contributed by atoms with Crippen LogP contribution in [0.3, 0.4) is 0 Å². The fraction of sp³-hybridized carbons (Fsp3) is 0.778. The lowest BCUT2D eigenvalue weighted by molar-refractivity contribution is -0.143. The molecular formula is C9H14N2O2. The zero-order valence-electron chi connectivity index (χ0n) is 7.57. The molecule has 0 bridgehead atoms. The Labute approximate surface area is 77.8 Å². The third-order valence-electron chi connectivity index (χ3n) is 2.40. The van der Waals surface area contributed by atoms with Crippen LogP contribution in [0, 0.1) is 11.3 Å². The molecule has 1 aliphatic heterocycles. The molecule has 1 saturated heterocycles. The lowest BCUT2D eigenvalue weighted by atomic mass is 10.1. The highest BCUT2D eigenvalue weighted by Gasteiger charge is 2.26. The van der Waals surface area contributed by atoms with Crippen LogP contribution in [0.2, 0.25) is 0 Å². The molecular weight excluding hydrogens is 168 g/mol. The van der Waals surface area contributed by atoms with Gasteiger partial charge < -0.3 is 5.11 Å². The van der Waals surface area contributed by atoms with Crippen LogP contribution >= 0.6 is 0 Å². The van der Waals surface area contributed by atoms with E-state index in [0.29, 0.717) is 0 Å². The first-order chi connectivity index (χ1) is 6.25. The molecule has 72 valence electrons. The minimum atomic E-state index is -0.872. The second-order valence-corrected chi connectivity index (χ2v) is 3.31. The predicted molar refractivity (Wildman–Crippen MR) is 47.1 cm³/mol. The van der Waals surface area contributed by atoms with Gasteiger partial charge in [-0.1, -0.05) is 6.42 Å². The molecule has 0 aromatic rings. The maximum absolute atomic E-state index is 10.8. The smallest absolute Gasteiger partial charge is 0.321 e. The van der Waals surface area contributed by atoms with E-state index in [-0.39, 0.29) is 6.42 Å². The molecule has 1 atom stereocenters. The van der Waals surface area contributed by atoms with Gasteiger partial charge in [0.15, 0.2) is 0 Å². The number of hydrogen-bond acceptors (Lipinski definition) is 3. The second kappa shape index (κ2) is 4.83. The third kappa shape index (κ3) is 2.71. The largest absolute Gasteiger partial charge is 0.480 e. The van der Waals surface area contributed by atoms with Gasteiger partial charge in [0, 0.05) is 0 Å². The monoisotopic (exact) mass is 182 g/mol. The van der Waals surface area contributed by atoms with Crippen LogP contribution in [-0.2, 0) is 4.79 Å². The Morgan fingerprint density at radius 2 is 2.08 bits per heavy atom. The van der Waals surface area contributed by atoms with Crippen molar-refractivity contribution in [2.45, 2.75) is 31.7 Å². The van der Waals surface area contributed by atoms with Crippen LogP contribution in [0.5, 0.6) is 0 Å². The van der Waals surface area contributed by atoms with Crippen molar-refractivity contribution in [3.63, 3.8) is 0 Å². The molecule has 1 rings (SSSR count). The highest BCUT2D eigenvalue weighted by atomic mass is 16.4. The molecule has 0 aromatic carbocycles. The molecule has 1 unspecified atom stereocenters. The van der Waals surface area contributed by atoms with E-state index in [9.17, 15) is 4.79 Å². The van der Waals surface area contributed by atoms with Crippen molar-refractivity contribution in [1.29, 1.82) is 5.26 Å². The summed E-state index contributed by atoms with van der Waals surface area (Å²) < 4.78 is 0. The molecule has 0 aromatic heterocycles. The lowest BCUT2D eigenvalue weighted by Gasteiger charge is -2.30. The van der Waals surface area contributed by atoms with Gasteiger partial charge in [-0.3, -0.25) is 9.69 Å². The van der Waals surface area contributed by atoms with E-state index < -0.39 is 12.0 Å². The number of likely N-dealkylation sites (tertiary alicyclic amines) is 1. The van der Waals surface area contributed by atoms with Gasteiger partial charge in [-0.2, -0.15) is 5.26 Å². The fourth-order valence-electron chi connectivity index (χ4n) is 1.69. The topological polar surface area (TPSA) is 64.3 Å².